The molecule has 1 atom stereocenters. The Morgan fingerprint density at radius 2 is 1.74 bits per heavy atom. The first-order valence-corrected chi connectivity index (χ1v) is 10.5. The van der Waals surface area contributed by atoms with Crippen molar-refractivity contribution in [1.29, 1.82) is 0 Å². The van der Waals surface area contributed by atoms with Crippen LogP contribution in [0, 0.1) is 5.92 Å². The summed E-state index contributed by atoms with van der Waals surface area (Å²) >= 11 is 0. The fourth-order valence-corrected chi connectivity index (χ4v) is 4.98. The maximum atomic E-state index is 13.1. The lowest BCUT2D eigenvalue weighted by Crippen LogP contribution is -2.52. The van der Waals surface area contributed by atoms with Gasteiger partial charge in [-0.05, 0) is 50.6 Å². The van der Waals surface area contributed by atoms with Crippen LogP contribution in [0.15, 0.2) is 30.3 Å². The van der Waals surface area contributed by atoms with E-state index in [1.165, 1.54) is 0 Å². The summed E-state index contributed by atoms with van der Waals surface area (Å²) in [7, 11) is 0. The number of aliphatic hydroxyl groups is 1. The molecule has 1 unspecified atom stereocenters. The van der Waals surface area contributed by atoms with Crippen molar-refractivity contribution in [2.24, 2.45) is 5.92 Å². The Morgan fingerprint density at radius 1 is 1.04 bits per heavy atom. The molecule has 5 heteroatoms. The Labute approximate surface area is 162 Å². The number of nitrogens with zero attached hydrogens (tertiary/aromatic N) is 2. The van der Waals surface area contributed by atoms with Crippen LogP contribution in [0.5, 0.6) is 0 Å². The van der Waals surface area contributed by atoms with Gasteiger partial charge in [0.15, 0.2) is 0 Å². The molecule has 1 aromatic rings. The van der Waals surface area contributed by atoms with Gasteiger partial charge in [-0.25, -0.2) is 0 Å². The first-order valence-electron chi connectivity index (χ1n) is 10.5. The molecular formula is C22H32N2O3. The second-order valence-corrected chi connectivity index (χ2v) is 8.40. The highest BCUT2D eigenvalue weighted by molar-refractivity contribution is 5.79. The minimum atomic E-state index is -0.793. The average Bonchev–Trinajstić information content (AvgIpc) is 2.75. The predicted octanol–water partition coefficient (Wildman–Crippen LogP) is 2.39. The second kappa shape index (κ2) is 8.29. The van der Waals surface area contributed by atoms with Crippen molar-refractivity contribution in [1.82, 2.24) is 9.80 Å². The molecule has 1 amide bonds. The molecule has 4 rings (SSSR count). The molecule has 0 saturated carbocycles. The van der Waals surface area contributed by atoms with E-state index in [1.54, 1.807) is 0 Å². The van der Waals surface area contributed by atoms with Gasteiger partial charge in [0.2, 0.25) is 5.91 Å². The zero-order valence-corrected chi connectivity index (χ0v) is 16.2. The van der Waals surface area contributed by atoms with E-state index in [0.717, 1.165) is 57.6 Å². The van der Waals surface area contributed by atoms with Crippen LogP contribution in [-0.4, -0.2) is 66.2 Å². The summed E-state index contributed by atoms with van der Waals surface area (Å²) in [6, 6.07) is 10.5. The van der Waals surface area contributed by atoms with Gasteiger partial charge in [0, 0.05) is 38.9 Å². The fourth-order valence-electron chi connectivity index (χ4n) is 4.98. The summed E-state index contributed by atoms with van der Waals surface area (Å²) in [6.45, 7) is 5.01. The van der Waals surface area contributed by atoms with Crippen LogP contribution in [0.1, 0.15) is 44.1 Å². The molecule has 148 valence electrons. The molecule has 5 nitrogen and oxygen atoms in total. The van der Waals surface area contributed by atoms with Crippen molar-refractivity contribution in [3.8, 4) is 0 Å². The number of rotatable bonds is 3. The SMILES string of the molecule is O=C(C1CCCN(C2CCOCC2)C1)N1CCC(O)(c2ccccc2)CC1. The van der Waals surface area contributed by atoms with Gasteiger partial charge in [0.05, 0.1) is 11.5 Å². The summed E-state index contributed by atoms with van der Waals surface area (Å²) in [5.41, 5.74) is 0.180. The lowest BCUT2D eigenvalue weighted by molar-refractivity contribution is -0.142. The molecule has 3 fully saturated rings. The van der Waals surface area contributed by atoms with Crippen molar-refractivity contribution in [3.05, 3.63) is 35.9 Å². The maximum Gasteiger partial charge on any atom is 0.226 e. The molecule has 0 bridgehead atoms. The van der Waals surface area contributed by atoms with Crippen molar-refractivity contribution in [2.75, 3.05) is 39.4 Å². The summed E-state index contributed by atoms with van der Waals surface area (Å²) in [4.78, 5) is 17.6. The molecule has 1 aromatic carbocycles. The van der Waals surface area contributed by atoms with Gasteiger partial charge in [-0.3, -0.25) is 9.69 Å². The van der Waals surface area contributed by atoms with Crippen LogP contribution in [0.3, 0.4) is 0 Å². The van der Waals surface area contributed by atoms with Crippen molar-refractivity contribution in [3.63, 3.8) is 0 Å². The van der Waals surface area contributed by atoms with E-state index in [1.807, 2.05) is 35.2 Å². The van der Waals surface area contributed by atoms with Crippen LogP contribution >= 0.6 is 0 Å². The van der Waals surface area contributed by atoms with Crippen LogP contribution in [0.4, 0.5) is 0 Å². The largest absolute Gasteiger partial charge is 0.385 e. The number of amides is 1. The monoisotopic (exact) mass is 372 g/mol. The topological polar surface area (TPSA) is 53.0 Å². The zero-order valence-electron chi connectivity index (χ0n) is 16.2. The van der Waals surface area contributed by atoms with E-state index in [-0.39, 0.29) is 5.92 Å². The van der Waals surface area contributed by atoms with E-state index in [9.17, 15) is 9.90 Å². The smallest absolute Gasteiger partial charge is 0.226 e. The number of benzene rings is 1. The van der Waals surface area contributed by atoms with Gasteiger partial charge in [0.1, 0.15) is 0 Å². The van der Waals surface area contributed by atoms with Crippen LogP contribution in [0.2, 0.25) is 0 Å². The Bertz CT molecular complexity index is 622. The molecule has 3 saturated heterocycles. The van der Waals surface area contributed by atoms with E-state index >= 15 is 0 Å². The molecular weight excluding hydrogens is 340 g/mol. The number of ether oxygens (including phenoxy) is 1. The number of hydrogen-bond donors (Lipinski definition) is 1. The van der Waals surface area contributed by atoms with Crippen LogP contribution < -0.4 is 0 Å². The molecule has 0 aliphatic carbocycles. The molecule has 0 radical (unpaired) electrons. The summed E-state index contributed by atoms with van der Waals surface area (Å²) in [5.74, 6) is 0.409. The van der Waals surface area contributed by atoms with E-state index < -0.39 is 5.60 Å². The van der Waals surface area contributed by atoms with Gasteiger partial charge >= 0.3 is 0 Å². The molecule has 1 N–H and O–H groups in total. The number of carbonyl (C=O) groups excluding carboxylic acids is 1. The van der Waals surface area contributed by atoms with Crippen LogP contribution in [0.25, 0.3) is 0 Å². The van der Waals surface area contributed by atoms with Crippen molar-refractivity contribution >= 4 is 5.91 Å². The average molecular weight is 373 g/mol. The van der Waals surface area contributed by atoms with E-state index in [0.29, 0.717) is 37.9 Å². The highest BCUT2D eigenvalue weighted by Gasteiger charge is 2.38. The zero-order chi connectivity index (χ0) is 18.7. The molecule has 3 aliphatic heterocycles. The third kappa shape index (κ3) is 4.20. The fraction of sp³-hybridized carbons (Fsp3) is 0.682. The molecule has 0 spiro atoms. The van der Waals surface area contributed by atoms with E-state index in [4.69, 9.17) is 4.74 Å². The second-order valence-electron chi connectivity index (χ2n) is 8.40. The Kier molecular flexibility index (Phi) is 5.81. The van der Waals surface area contributed by atoms with Crippen LogP contribution in [-0.2, 0) is 15.1 Å². The molecule has 0 aromatic heterocycles. The first kappa shape index (κ1) is 18.9. The number of piperidine rings is 2. The summed E-state index contributed by atoms with van der Waals surface area (Å²) in [6.07, 6.45) is 5.54. The van der Waals surface area contributed by atoms with Gasteiger partial charge < -0.3 is 14.7 Å². The minimum Gasteiger partial charge on any atom is -0.385 e. The number of carbonyl (C=O) groups is 1. The third-order valence-electron chi connectivity index (χ3n) is 6.72. The van der Waals surface area contributed by atoms with Gasteiger partial charge in [0.25, 0.3) is 0 Å². The van der Waals surface area contributed by atoms with Crippen molar-refractivity contribution in [2.45, 2.75) is 50.2 Å². The molecule has 27 heavy (non-hydrogen) atoms. The third-order valence-corrected chi connectivity index (χ3v) is 6.72. The van der Waals surface area contributed by atoms with Gasteiger partial charge in [-0.1, -0.05) is 30.3 Å². The lowest BCUT2D eigenvalue weighted by atomic mass is 9.84. The Hall–Kier alpha value is -1.43. The summed E-state index contributed by atoms with van der Waals surface area (Å²) < 4.78 is 5.49. The first-order chi connectivity index (χ1) is 13.2. The van der Waals surface area contributed by atoms with Gasteiger partial charge in [-0.15, -0.1) is 0 Å². The predicted molar refractivity (Wildman–Crippen MR) is 104 cm³/mol. The highest BCUT2D eigenvalue weighted by atomic mass is 16.5. The van der Waals surface area contributed by atoms with E-state index in [2.05, 4.69) is 4.90 Å². The minimum absolute atomic E-state index is 0.115. The quantitative estimate of drug-likeness (QED) is 0.885. The molecule has 3 heterocycles. The standard InChI is InChI=1S/C22H32N2O3/c25-21(18-5-4-12-24(17-18)20-8-15-27-16-9-20)23-13-10-22(26,11-14-23)19-6-2-1-3-7-19/h1-3,6-7,18,20,26H,4-5,8-17H2. The molecule has 3 aliphatic rings. The number of hydrogen-bond acceptors (Lipinski definition) is 4. The lowest BCUT2D eigenvalue weighted by Gasteiger charge is -2.43. The number of likely N-dealkylation sites (tertiary alicyclic amines) is 2. The Morgan fingerprint density at radius 3 is 2.44 bits per heavy atom. The normalized spacial score (nSPS) is 27.4. The highest BCUT2D eigenvalue weighted by Crippen LogP contribution is 2.34. The maximum absolute atomic E-state index is 13.1. The van der Waals surface area contributed by atoms with Crippen molar-refractivity contribution < 1.29 is 14.6 Å². The Balaban J connectivity index is 1.33. The van der Waals surface area contributed by atoms with Gasteiger partial charge in [-0.2, -0.15) is 0 Å². The summed E-state index contributed by atoms with van der Waals surface area (Å²) in [5, 5.41) is 11.0.